The fraction of sp³-hybridized carbons (Fsp3) is 0.842. The van der Waals surface area contributed by atoms with Gasteiger partial charge in [-0.05, 0) is 44.7 Å². The van der Waals surface area contributed by atoms with Crippen LogP contribution in [-0.2, 0) is 23.1 Å². The molecule has 7 nitrogen and oxygen atoms in total. The number of likely N-dealkylation sites (tertiary alicyclic amines) is 1. The maximum absolute atomic E-state index is 12.8. The number of hydrogen-bond acceptors (Lipinski definition) is 5. The van der Waals surface area contributed by atoms with Gasteiger partial charge in [0.1, 0.15) is 5.69 Å². The van der Waals surface area contributed by atoms with Gasteiger partial charge in [0.2, 0.25) is 5.91 Å². The zero-order valence-corrected chi connectivity index (χ0v) is 16.1. The fourth-order valence-electron chi connectivity index (χ4n) is 4.70. The highest BCUT2D eigenvalue weighted by atomic mass is 16.5. The van der Waals surface area contributed by atoms with Gasteiger partial charge in [-0.25, -0.2) is 0 Å². The van der Waals surface area contributed by atoms with Crippen molar-refractivity contribution in [3.05, 3.63) is 11.4 Å². The van der Waals surface area contributed by atoms with Gasteiger partial charge in [0.05, 0.1) is 25.5 Å². The van der Waals surface area contributed by atoms with E-state index in [1.54, 1.807) is 0 Å². The van der Waals surface area contributed by atoms with Crippen molar-refractivity contribution in [2.24, 2.45) is 18.9 Å². The quantitative estimate of drug-likeness (QED) is 0.717. The average Bonchev–Trinajstić information content (AvgIpc) is 3.25. The molecule has 4 rings (SSSR count). The molecule has 0 aromatic carbocycles. The monoisotopic (exact) mass is 361 g/mol. The molecule has 1 aromatic heterocycles. The Labute approximate surface area is 155 Å². The summed E-state index contributed by atoms with van der Waals surface area (Å²) in [7, 11) is 1.94. The SMILES string of the molecule is CC1CC(C(=O)N2Cc3nnn(C)c3[C@H](COCCN3CCCC3)C2)C1. The minimum Gasteiger partial charge on any atom is -0.379 e. The van der Waals surface area contributed by atoms with Crippen LogP contribution in [0.2, 0.25) is 0 Å². The molecule has 0 bridgehead atoms. The van der Waals surface area contributed by atoms with Crippen molar-refractivity contribution < 1.29 is 9.53 Å². The summed E-state index contributed by atoms with van der Waals surface area (Å²) in [6.45, 7) is 8.33. The summed E-state index contributed by atoms with van der Waals surface area (Å²) in [6.07, 6.45) is 4.67. The minimum atomic E-state index is 0.166. The van der Waals surface area contributed by atoms with E-state index in [-0.39, 0.29) is 11.8 Å². The molecular formula is C19H31N5O2. The molecule has 0 unspecified atom stereocenters. The molecule has 2 fully saturated rings. The van der Waals surface area contributed by atoms with Crippen molar-refractivity contribution in [1.29, 1.82) is 0 Å². The Morgan fingerprint density at radius 1 is 1.27 bits per heavy atom. The van der Waals surface area contributed by atoms with E-state index in [9.17, 15) is 4.79 Å². The van der Waals surface area contributed by atoms with Gasteiger partial charge in [-0.1, -0.05) is 12.1 Å². The first-order valence-corrected chi connectivity index (χ1v) is 10.1. The van der Waals surface area contributed by atoms with E-state index in [1.165, 1.54) is 25.9 Å². The van der Waals surface area contributed by atoms with E-state index in [2.05, 4.69) is 22.1 Å². The Morgan fingerprint density at radius 3 is 2.77 bits per heavy atom. The molecule has 3 heterocycles. The van der Waals surface area contributed by atoms with E-state index >= 15 is 0 Å². The maximum atomic E-state index is 12.8. The molecule has 1 aliphatic carbocycles. The van der Waals surface area contributed by atoms with Crippen LogP contribution in [0.25, 0.3) is 0 Å². The molecule has 1 saturated heterocycles. The molecule has 1 aromatic rings. The predicted molar refractivity (Wildman–Crippen MR) is 97.5 cm³/mol. The number of aryl methyl sites for hydroxylation is 1. The lowest BCUT2D eigenvalue weighted by atomic mass is 9.75. The number of carbonyl (C=O) groups excluding carboxylic acids is 1. The Bertz CT molecular complexity index is 634. The lowest BCUT2D eigenvalue weighted by molar-refractivity contribution is -0.141. The largest absolute Gasteiger partial charge is 0.379 e. The number of carbonyl (C=O) groups is 1. The number of fused-ring (bicyclic) bond motifs is 1. The van der Waals surface area contributed by atoms with E-state index in [0.717, 1.165) is 43.9 Å². The highest BCUT2D eigenvalue weighted by Crippen LogP contribution is 2.36. The third-order valence-corrected chi connectivity index (χ3v) is 6.22. The second-order valence-electron chi connectivity index (χ2n) is 8.36. The molecule has 0 N–H and O–H groups in total. The molecule has 26 heavy (non-hydrogen) atoms. The van der Waals surface area contributed by atoms with Crippen molar-refractivity contribution in [2.75, 3.05) is 39.4 Å². The predicted octanol–water partition coefficient (Wildman–Crippen LogP) is 1.40. The van der Waals surface area contributed by atoms with Crippen LogP contribution in [0.3, 0.4) is 0 Å². The second kappa shape index (κ2) is 7.64. The van der Waals surface area contributed by atoms with Gasteiger partial charge in [-0.3, -0.25) is 9.48 Å². The molecule has 1 saturated carbocycles. The van der Waals surface area contributed by atoms with E-state index in [4.69, 9.17) is 4.74 Å². The molecular weight excluding hydrogens is 330 g/mol. The van der Waals surface area contributed by atoms with Gasteiger partial charge in [0.25, 0.3) is 0 Å². The van der Waals surface area contributed by atoms with Crippen LogP contribution in [0.4, 0.5) is 0 Å². The van der Waals surface area contributed by atoms with Gasteiger partial charge in [0, 0.05) is 32.0 Å². The van der Waals surface area contributed by atoms with Crippen LogP contribution in [0.1, 0.15) is 49.9 Å². The van der Waals surface area contributed by atoms with Gasteiger partial charge < -0.3 is 14.5 Å². The van der Waals surface area contributed by atoms with Crippen molar-refractivity contribution in [2.45, 2.75) is 45.1 Å². The maximum Gasteiger partial charge on any atom is 0.226 e. The summed E-state index contributed by atoms with van der Waals surface area (Å²) in [5, 5.41) is 8.49. The Kier molecular flexibility index (Phi) is 5.27. The number of hydrogen-bond donors (Lipinski definition) is 0. The summed E-state index contributed by atoms with van der Waals surface area (Å²) in [4.78, 5) is 17.3. The number of amides is 1. The van der Waals surface area contributed by atoms with Crippen LogP contribution in [0.15, 0.2) is 0 Å². The first-order valence-electron chi connectivity index (χ1n) is 10.1. The van der Waals surface area contributed by atoms with Gasteiger partial charge in [-0.15, -0.1) is 5.10 Å². The Hall–Kier alpha value is -1.47. The highest BCUT2D eigenvalue weighted by Gasteiger charge is 2.38. The van der Waals surface area contributed by atoms with Crippen molar-refractivity contribution in [3.8, 4) is 0 Å². The summed E-state index contributed by atoms with van der Waals surface area (Å²) in [6, 6.07) is 0. The standard InChI is InChI=1S/C19H31N5O2/c1-14-9-15(10-14)19(25)24-11-16(18-17(12-24)20-21-22(18)2)13-26-8-7-23-5-3-4-6-23/h14-16H,3-13H2,1-2H3/t14?,15?,16-/m0/s1. The molecule has 2 aliphatic heterocycles. The van der Waals surface area contributed by atoms with Crippen LogP contribution in [-0.4, -0.2) is 70.1 Å². The van der Waals surface area contributed by atoms with Gasteiger partial charge in [0.15, 0.2) is 0 Å². The molecule has 7 heteroatoms. The molecule has 1 atom stereocenters. The summed E-state index contributed by atoms with van der Waals surface area (Å²) in [5.74, 6) is 1.35. The molecule has 0 radical (unpaired) electrons. The van der Waals surface area contributed by atoms with Gasteiger partial charge in [-0.2, -0.15) is 0 Å². The van der Waals surface area contributed by atoms with Crippen LogP contribution >= 0.6 is 0 Å². The Morgan fingerprint density at radius 2 is 2.04 bits per heavy atom. The van der Waals surface area contributed by atoms with Crippen LogP contribution in [0, 0.1) is 11.8 Å². The zero-order valence-electron chi connectivity index (χ0n) is 16.1. The topological polar surface area (TPSA) is 63.5 Å². The summed E-state index contributed by atoms with van der Waals surface area (Å²) < 4.78 is 7.87. The minimum absolute atomic E-state index is 0.166. The summed E-state index contributed by atoms with van der Waals surface area (Å²) in [5.41, 5.74) is 2.07. The third-order valence-electron chi connectivity index (χ3n) is 6.22. The number of aromatic nitrogens is 3. The van der Waals surface area contributed by atoms with E-state index in [1.807, 2.05) is 16.6 Å². The first kappa shape index (κ1) is 17.9. The average molecular weight is 361 g/mol. The van der Waals surface area contributed by atoms with Crippen molar-refractivity contribution in [1.82, 2.24) is 24.8 Å². The zero-order chi connectivity index (χ0) is 18.1. The molecule has 1 amide bonds. The lowest BCUT2D eigenvalue weighted by Crippen LogP contribution is -2.45. The normalized spacial score (nSPS) is 28.8. The fourth-order valence-corrected chi connectivity index (χ4v) is 4.70. The molecule has 0 spiro atoms. The second-order valence-corrected chi connectivity index (χ2v) is 8.36. The number of ether oxygens (including phenoxy) is 1. The highest BCUT2D eigenvalue weighted by molar-refractivity contribution is 5.80. The number of rotatable bonds is 6. The Balaban J connectivity index is 1.35. The number of nitrogens with zero attached hydrogens (tertiary/aromatic N) is 5. The molecule has 3 aliphatic rings. The van der Waals surface area contributed by atoms with Crippen LogP contribution < -0.4 is 0 Å². The van der Waals surface area contributed by atoms with Crippen molar-refractivity contribution in [3.63, 3.8) is 0 Å². The molecule has 144 valence electrons. The van der Waals surface area contributed by atoms with Gasteiger partial charge >= 0.3 is 0 Å². The summed E-state index contributed by atoms with van der Waals surface area (Å²) >= 11 is 0. The van der Waals surface area contributed by atoms with Crippen molar-refractivity contribution >= 4 is 5.91 Å². The third kappa shape index (κ3) is 3.64. The first-order chi connectivity index (χ1) is 12.6. The van der Waals surface area contributed by atoms with Crippen LogP contribution in [0.5, 0.6) is 0 Å². The smallest absolute Gasteiger partial charge is 0.226 e. The van der Waals surface area contributed by atoms with E-state index < -0.39 is 0 Å². The lowest BCUT2D eigenvalue weighted by Gasteiger charge is -2.39. The van der Waals surface area contributed by atoms with E-state index in [0.29, 0.717) is 25.0 Å².